The van der Waals surface area contributed by atoms with Gasteiger partial charge in [0.1, 0.15) is 23.7 Å². The van der Waals surface area contributed by atoms with Crippen LogP contribution in [0.15, 0.2) is 73.2 Å². The Bertz CT molecular complexity index is 1110. The van der Waals surface area contributed by atoms with E-state index >= 15 is 0 Å². The van der Waals surface area contributed by atoms with E-state index in [0.717, 1.165) is 10.9 Å². The summed E-state index contributed by atoms with van der Waals surface area (Å²) in [5, 5.41) is 4.27. The summed E-state index contributed by atoms with van der Waals surface area (Å²) < 4.78 is 7.38. The lowest BCUT2D eigenvalue weighted by atomic mass is 10.2. The van der Waals surface area contributed by atoms with Crippen molar-refractivity contribution >= 4 is 34.2 Å². The van der Waals surface area contributed by atoms with Crippen molar-refractivity contribution in [1.29, 1.82) is 0 Å². The van der Waals surface area contributed by atoms with Gasteiger partial charge < -0.3 is 14.6 Å². The molecule has 134 valence electrons. The van der Waals surface area contributed by atoms with Crippen molar-refractivity contribution in [3.05, 3.63) is 78.2 Å². The molecule has 0 unspecified atom stereocenters. The van der Waals surface area contributed by atoms with Gasteiger partial charge in [-0.1, -0.05) is 41.9 Å². The molecule has 0 aliphatic heterocycles. The van der Waals surface area contributed by atoms with Gasteiger partial charge in [-0.25, -0.2) is 9.97 Å². The fraction of sp³-hybridized carbons (Fsp3) is 0.0500. The quantitative estimate of drug-likeness (QED) is 0.568. The number of carbonyl (C=O) groups excluding carboxylic acids is 1. The Kier molecular flexibility index (Phi) is 4.72. The number of ether oxygens (including phenoxy) is 1. The lowest BCUT2D eigenvalue weighted by Gasteiger charge is -2.09. The third kappa shape index (κ3) is 3.75. The average Bonchev–Trinajstić information content (AvgIpc) is 3.12. The van der Waals surface area contributed by atoms with Crippen molar-refractivity contribution in [2.45, 2.75) is 0 Å². The van der Waals surface area contributed by atoms with Crippen molar-refractivity contribution < 1.29 is 9.53 Å². The van der Waals surface area contributed by atoms with Crippen molar-refractivity contribution in [3.63, 3.8) is 0 Å². The molecule has 4 aromatic rings. The molecule has 0 aliphatic carbocycles. The molecule has 0 bridgehead atoms. The monoisotopic (exact) mass is 378 g/mol. The highest BCUT2D eigenvalue weighted by atomic mass is 35.5. The maximum absolute atomic E-state index is 12.2. The van der Waals surface area contributed by atoms with Crippen LogP contribution in [0.25, 0.3) is 16.7 Å². The first kappa shape index (κ1) is 17.1. The normalized spacial score (nSPS) is 10.7. The third-order valence-corrected chi connectivity index (χ3v) is 4.27. The minimum atomic E-state index is -0.336. The van der Waals surface area contributed by atoms with E-state index in [-0.39, 0.29) is 12.5 Å². The molecule has 0 aliphatic rings. The Morgan fingerprint density at radius 1 is 1.07 bits per heavy atom. The number of halogens is 1. The Morgan fingerprint density at radius 3 is 2.78 bits per heavy atom. The predicted octanol–water partition coefficient (Wildman–Crippen LogP) is 4.09. The number of anilines is 1. The van der Waals surface area contributed by atoms with Crippen LogP contribution < -0.4 is 10.1 Å². The molecule has 0 saturated heterocycles. The zero-order valence-corrected chi connectivity index (χ0v) is 14.9. The third-order valence-electron chi connectivity index (χ3n) is 3.96. The minimum absolute atomic E-state index is 0.171. The number of benzene rings is 2. The second kappa shape index (κ2) is 7.47. The molecule has 2 aromatic heterocycles. The molecule has 0 spiro atoms. The van der Waals surface area contributed by atoms with Crippen molar-refractivity contribution in [2.24, 2.45) is 0 Å². The summed E-state index contributed by atoms with van der Waals surface area (Å²) in [7, 11) is 0. The molecule has 0 radical (unpaired) electrons. The molecule has 27 heavy (non-hydrogen) atoms. The second-order valence-electron chi connectivity index (χ2n) is 5.77. The first-order valence-corrected chi connectivity index (χ1v) is 8.64. The molecule has 1 N–H and O–H groups in total. The van der Waals surface area contributed by atoms with E-state index in [1.54, 1.807) is 30.3 Å². The predicted molar refractivity (Wildman–Crippen MR) is 104 cm³/mol. The fourth-order valence-corrected chi connectivity index (χ4v) is 2.90. The van der Waals surface area contributed by atoms with Crippen LogP contribution in [0.4, 0.5) is 5.82 Å². The summed E-state index contributed by atoms with van der Waals surface area (Å²) in [4.78, 5) is 20.6. The SMILES string of the molecule is O=C(COc1ccccc1Cl)Nc1cc(-n2ccc3ccccc32)ncn1. The maximum Gasteiger partial charge on any atom is 0.263 e. The van der Waals surface area contributed by atoms with Crippen LogP contribution in [0.1, 0.15) is 0 Å². The van der Waals surface area contributed by atoms with E-state index in [0.29, 0.717) is 22.4 Å². The number of rotatable bonds is 5. The van der Waals surface area contributed by atoms with Crippen molar-refractivity contribution in [1.82, 2.24) is 14.5 Å². The molecular weight excluding hydrogens is 364 g/mol. The summed E-state index contributed by atoms with van der Waals surface area (Å²) in [5.41, 5.74) is 1.02. The topological polar surface area (TPSA) is 69.0 Å². The molecule has 0 saturated carbocycles. The second-order valence-corrected chi connectivity index (χ2v) is 6.18. The van der Waals surface area contributed by atoms with Gasteiger partial charge in [0.2, 0.25) is 0 Å². The van der Waals surface area contributed by atoms with Crippen molar-refractivity contribution in [3.8, 4) is 11.6 Å². The highest BCUT2D eigenvalue weighted by molar-refractivity contribution is 6.32. The number of para-hydroxylation sites is 2. The summed E-state index contributed by atoms with van der Waals surface area (Å²) in [6.45, 7) is -0.171. The van der Waals surface area contributed by atoms with E-state index in [2.05, 4.69) is 15.3 Å². The zero-order valence-electron chi connectivity index (χ0n) is 14.2. The van der Waals surface area contributed by atoms with Gasteiger partial charge in [-0.15, -0.1) is 0 Å². The number of amides is 1. The zero-order chi connectivity index (χ0) is 18.6. The van der Waals surface area contributed by atoms with E-state index in [1.807, 2.05) is 41.1 Å². The fourth-order valence-electron chi connectivity index (χ4n) is 2.71. The standard InChI is InChI=1S/C20H15ClN4O2/c21-15-6-2-4-8-17(15)27-12-20(26)24-18-11-19(23-13-22-18)25-10-9-14-5-1-3-7-16(14)25/h1-11,13H,12H2,(H,22,23,24,26). The Labute approximate surface area is 160 Å². The maximum atomic E-state index is 12.2. The molecule has 1 amide bonds. The summed E-state index contributed by atoms with van der Waals surface area (Å²) in [5.74, 6) is 1.17. The van der Waals surface area contributed by atoms with Crippen LogP contribution >= 0.6 is 11.6 Å². The van der Waals surface area contributed by atoms with Gasteiger partial charge in [-0.2, -0.15) is 0 Å². The van der Waals surface area contributed by atoms with Crippen LogP contribution in [0.3, 0.4) is 0 Å². The van der Waals surface area contributed by atoms with Gasteiger partial charge in [0.15, 0.2) is 6.61 Å². The van der Waals surface area contributed by atoms with E-state index < -0.39 is 0 Å². The molecule has 7 heteroatoms. The summed E-state index contributed by atoms with van der Waals surface area (Å²) in [6, 6.07) is 18.7. The Balaban J connectivity index is 1.48. The van der Waals surface area contributed by atoms with Crippen LogP contribution in [-0.4, -0.2) is 27.0 Å². The van der Waals surface area contributed by atoms with Gasteiger partial charge in [-0.3, -0.25) is 4.79 Å². The van der Waals surface area contributed by atoms with Gasteiger partial charge in [-0.05, 0) is 29.7 Å². The summed E-state index contributed by atoms with van der Waals surface area (Å²) >= 11 is 6.01. The number of hydrogen-bond acceptors (Lipinski definition) is 4. The van der Waals surface area contributed by atoms with Crippen molar-refractivity contribution in [2.75, 3.05) is 11.9 Å². The van der Waals surface area contributed by atoms with E-state index in [1.165, 1.54) is 6.33 Å². The van der Waals surface area contributed by atoms with Gasteiger partial charge in [0.25, 0.3) is 5.91 Å². The lowest BCUT2D eigenvalue weighted by molar-refractivity contribution is -0.118. The lowest BCUT2D eigenvalue weighted by Crippen LogP contribution is -2.21. The Hall–Kier alpha value is -3.38. The number of aromatic nitrogens is 3. The van der Waals surface area contributed by atoms with Gasteiger partial charge in [0, 0.05) is 12.3 Å². The largest absolute Gasteiger partial charge is 0.482 e. The number of carbonyl (C=O) groups is 1. The highest BCUT2D eigenvalue weighted by Gasteiger charge is 2.09. The van der Waals surface area contributed by atoms with E-state index in [9.17, 15) is 4.79 Å². The Morgan fingerprint density at radius 2 is 1.89 bits per heavy atom. The molecular formula is C20H15ClN4O2. The minimum Gasteiger partial charge on any atom is -0.482 e. The first-order chi connectivity index (χ1) is 13.2. The van der Waals surface area contributed by atoms with Gasteiger partial charge in [0.05, 0.1) is 10.5 Å². The number of fused-ring (bicyclic) bond motifs is 1. The molecule has 0 fully saturated rings. The van der Waals surface area contributed by atoms with Gasteiger partial charge >= 0.3 is 0 Å². The van der Waals surface area contributed by atoms with Crippen LogP contribution in [0, 0.1) is 0 Å². The smallest absolute Gasteiger partial charge is 0.263 e. The molecule has 2 heterocycles. The highest BCUT2D eigenvalue weighted by Crippen LogP contribution is 2.23. The van der Waals surface area contributed by atoms with E-state index in [4.69, 9.17) is 16.3 Å². The molecule has 4 rings (SSSR count). The molecule has 6 nitrogen and oxygen atoms in total. The van der Waals surface area contributed by atoms with Crippen LogP contribution in [0.5, 0.6) is 5.75 Å². The number of nitrogens with zero attached hydrogens (tertiary/aromatic N) is 3. The average molecular weight is 379 g/mol. The number of nitrogens with one attached hydrogen (secondary N) is 1. The first-order valence-electron chi connectivity index (χ1n) is 8.26. The number of hydrogen-bond donors (Lipinski definition) is 1. The summed E-state index contributed by atoms with van der Waals surface area (Å²) in [6.07, 6.45) is 3.34. The molecule has 0 atom stereocenters. The van der Waals surface area contributed by atoms with Crippen LogP contribution in [0.2, 0.25) is 5.02 Å². The van der Waals surface area contributed by atoms with Crippen LogP contribution in [-0.2, 0) is 4.79 Å². The molecule has 2 aromatic carbocycles.